The fraction of sp³-hybridized carbons (Fsp3) is 0.412. The molecule has 0 aliphatic carbocycles. The lowest BCUT2D eigenvalue weighted by molar-refractivity contribution is -0.137. The Labute approximate surface area is 138 Å². The number of amides is 1. The highest BCUT2D eigenvalue weighted by molar-refractivity contribution is 5.94. The summed E-state index contributed by atoms with van der Waals surface area (Å²) in [7, 11) is 0. The van der Waals surface area contributed by atoms with Gasteiger partial charge in [-0.05, 0) is 45.9 Å². The monoisotopic (exact) mass is 339 g/mol. The first kappa shape index (κ1) is 18.0. The third-order valence-electron chi connectivity index (χ3n) is 3.33. The molecule has 24 heavy (non-hydrogen) atoms. The second-order valence-corrected chi connectivity index (χ2v) is 6.69. The van der Waals surface area contributed by atoms with Gasteiger partial charge in [-0.1, -0.05) is 6.07 Å². The molecule has 0 spiro atoms. The Morgan fingerprint density at radius 3 is 2.42 bits per heavy atom. The van der Waals surface area contributed by atoms with Crippen molar-refractivity contribution in [3.8, 4) is 0 Å². The Morgan fingerprint density at radius 1 is 1.17 bits per heavy atom. The molecule has 130 valence electrons. The number of nitrogens with zero attached hydrogens (tertiary/aromatic N) is 1. The molecule has 0 aliphatic heterocycles. The van der Waals surface area contributed by atoms with E-state index in [1.54, 1.807) is 13.0 Å². The second-order valence-electron chi connectivity index (χ2n) is 6.69. The van der Waals surface area contributed by atoms with Gasteiger partial charge in [-0.15, -0.1) is 0 Å². The average Bonchev–Trinajstić information content (AvgIpc) is 2.44. The van der Waals surface area contributed by atoms with E-state index in [1.807, 2.05) is 20.8 Å². The van der Waals surface area contributed by atoms with Gasteiger partial charge in [-0.3, -0.25) is 9.78 Å². The number of alkyl halides is 3. The van der Waals surface area contributed by atoms with Crippen LogP contribution in [0.2, 0.25) is 0 Å². The van der Waals surface area contributed by atoms with Crippen molar-refractivity contribution in [2.45, 2.75) is 45.5 Å². The molecule has 0 saturated carbocycles. The third-order valence-corrected chi connectivity index (χ3v) is 3.33. The number of aromatic nitrogens is 1. The molecule has 1 atom stereocenters. The maximum Gasteiger partial charge on any atom is 0.416 e. The topological polar surface area (TPSA) is 54.0 Å². The Bertz CT molecular complexity index is 751. The minimum Gasteiger partial charge on any atom is -0.373 e. The number of carbonyl (C=O) groups is 1. The van der Waals surface area contributed by atoms with Gasteiger partial charge in [0.2, 0.25) is 5.91 Å². The van der Waals surface area contributed by atoms with Crippen molar-refractivity contribution < 1.29 is 18.0 Å². The summed E-state index contributed by atoms with van der Waals surface area (Å²) in [5, 5.41) is 6.41. The highest BCUT2D eigenvalue weighted by Gasteiger charge is 2.30. The van der Waals surface area contributed by atoms with Crippen LogP contribution in [0.15, 0.2) is 30.5 Å². The van der Waals surface area contributed by atoms with Gasteiger partial charge < -0.3 is 10.6 Å². The highest BCUT2D eigenvalue weighted by atomic mass is 19.4. The molecule has 1 amide bonds. The molecule has 1 heterocycles. The number of carbonyl (C=O) groups excluding carboxylic acids is 1. The fourth-order valence-electron chi connectivity index (χ4n) is 2.23. The molecule has 4 nitrogen and oxygen atoms in total. The van der Waals surface area contributed by atoms with Crippen LogP contribution in [0.4, 0.5) is 18.9 Å². The maximum atomic E-state index is 12.8. The van der Waals surface area contributed by atoms with Gasteiger partial charge in [0.15, 0.2) is 0 Å². The maximum absolute atomic E-state index is 12.8. The summed E-state index contributed by atoms with van der Waals surface area (Å²) in [5.74, 6) is -0.195. The zero-order chi connectivity index (χ0) is 18.1. The Kier molecular flexibility index (Phi) is 4.73. The molecule has 2 N–H and O–H groups in total. The van der Waals surface area contributed by atoms with Crippen LogP contribution in [-0.4, -0.2) is 22.5 Å². The quantitative estimate of drug-likeness (QED) is 0.890. The van der Waals surface area contributed by atoms with E-state index in [1.165, 1.54) is 12.3 Å². The van der Waals surface area contributed by atoms with Gasteiger partial charge in [-0.2, -0.15) is 13.2 Å². The predicted molar refractivity (Wildman–Crippen MR) is 87.7 cm³/mol. The van der Waals surface area contributed by atoms with Crippen molar-refractivity contribution in [3.63, 3.8) is 0 Å². The number of rotatable bonds is 3. The lowest BCUT2D eigenvalue weighted by Gasteiger charge is -2.24. The molecule has 0 radical (unpaired) electrons. The predicted octanol–water partition coefficient (Wildman–Crippen LogP) is 3.97. The second kappa shape index (κ2) is 6.30. The van der Waals surface area contributed by atoms with Crippen molar-refractivity contribution in [3.05, 3.63) is 36.0 Å². The Balaban J connectivity index is 2.28. The number of hydrogen-bond donors (Lipinski definition) is 2. The van der Waals surface area contributed by atoms with Crippen LogP contribution in [0, 0.1) is 0 Å². The van der Waals surface area contributed by atoms with Gasteiger partial charge in [0.25, 0.3) is 0 Å². The standard InChI is InChI=1S/C17H20F3N3O/c1-10(15(24)23-16(2,3)4)22-13-7-8-21-14-9-11(17(18,19)20)5-6-12(13)14/h5-10H,1-4H3,(H,21,22)(H,23,24). The highest BCUT2D eigenvalue weighted by Crippen LogP contribution is 2.32. The molecule has 0 bridgehead atoms. The molecule has 2 aromatic rings. The van der Waals surface area contributed by atoms with E-state index >= 15 is 0 Å². The van der Waals surface area contributed by atoms with E-state index in [0.29, 0.717) is 11.1 Å². The van der Waals surface area contributed by atoms with Crippen molar-refractivity contribution in [2.75, 3.05) is 5.32 Å². The first-order chi connectivity index (χ1) is 11.0. The molecule has 0 saturated heterocycles. The van der Waals surface area contributed by atoms with Crippen LogP contribution in [0.25, 0.3) is 10.9 Å². The summed E-state index contributed by atoms with van der Waals surface area (Å²) in [6.45, 7) is 7.31. The zero-order valence-electron chi connectivity index (χ0n) is 14.0. The smallest absolute Gasteiger partial charge is 0.373 e. The normalized spacial score (nSPS) is 13.6. The summed E-state index contributed by atoms with van der Waals surface area (Å²) < 4.78 is 38.4. The molecule has 2 rings (SSSR count). The average molecular weight is 339 g/mol. The van der Waals surface area contributed by atoms with Crippen LogP contribution >= 0.6 is 0 Å². The number of anilines is 1. The molecular formula is C17H20F3N3O. The van der Waals surface area contributed by atoms with Crippen LogP contribution in [0.5, 0.6) is 0 Å². The lowest BCUT2D eigenvalue weighted by Crippen LogP contribution is -2.47. The van der Waals surface area contributed by atoms with Gasteiger partial charge in [0.1, 0.15) is 6.04 Å². The number of halogens is 3. The number of benzene rings is 1. The van der Waals surface area contributed by atoms with E-state index in [4.69, 9.17) is 0 Å². The lowest BCUT2D eigenvalue weighted by atomic mass is 10.1. The summed E-state index contributed by atoms with van der Waals surface area (Å²) in [4.78, 5) is 16.1. The van der Waals surface area contributed by atoms with Crippen LogP contribution < -0.4 is 10.6 Å². The van der Waals surface area contributed by atoms with E-state index < -0.39 is 17.8 Å². The Morgan fingerprint density at radius 2 is 1.83 bits per heavy atom. The molecule has 0 aliphatic rings. The van der Waals surface area contributed by atoms with E-state index in [9.17, 15) is 18.0 Å². The summed E-state index contributed by atoms with van der Waals surface area (Å²) in [5.41, 5.74) is -0.337. The number of nitrogens with one attached hydrogen (secondary N) is 2. The zero-order valence-corrected chi connectivity index (χ0v) is 14.0. The van der Waals surface area contributed by atoms with Crippen molar-refractivity contribution in [1.29, 1.82) is 0 Å². The molecule has 1 unspecified atom stereocenters. The van der Waals surface area contributed by atoms with Crippen LogP contribution in [0.1, 0.15) is 33.3 Å². The van der Waals surface area contributed by atoms with E-state index in [-0.39, 0.29) is 17.0 Å². The Hall–Kier alpha value is -2.31. The molecular weight excluding hydrogens is 319 g/mol. The van der Waals surface area contributed by atoms with Gasteiger partial charge in [-0.25, -0.2) is 0 Å². The van der Waals surface area contributed by atoms with E-state index in [2.05, 4.69) is 15.6 Å². The minimum absolute atomic E-state index is 0.195. The minimum atomic E-state index is -4.42. The van der Waals surface area contributed by atoms with Crippen molar-refractivity contribution in [2.24, 2.45) is 0 Å². The summed E-state index contributed by atoms with van der Waals surface area (Å²) >= 11 is 0. The van der Waals surface area contributed by atoms with Crippen LogP contribution in [-0.2, 0) is 11.0 Å². The summed E-state index contributed by atoms with van der Waals surface area (Å²) in [6.07, 6.45) is -3.00. The first-order valence-corrected chi connectivity index (χ1v) is 7.52. The van der Waals surface area contributed by atoms with E-state index in [0.717, 1.165) is 12.1 Å². The van der Waals surface area contributed by atoms with Gasteiger partial charge >= 0.3 is 6.18 Å². The molecule has 7 heteroatoms. The third kappa shape index (κ3) is 4.37. The first-order valence-electron chi connectivity index (χ1n) is 7.52. The number of hydrogen-bond acceptors (Lipinski definition) is 3. The summed E-state index contributed by atoms with van der Waals surface area (Å²) in [6, 6.07) is 4.46. The molecule has 0 fully saturated rings. The molecule has 1 aromatic heterocycles. The fourth-order valence-corrected chi connectivity index (χ4v) is 2.23. The SMILES string of the molecule is CC(Nc1ccnc2cc(C(F)(F)F)ccc12)C(=O)NC(C)(C)C. The van der Waals surface area contributed by atoms with Gasteiger partial charge in [0, 0.05) is 22.8 Å². The largest absolute Gasteiger partial charge is 0.416 e. The van der Waals surface area contributed by atoms with Gasteiger partial charge in [0.05, 0.1) is 11.1 Å². The van der Waals surface area contributed by atoms with Crippen molar-refractivity contribution >= 4 is 22.5 Å². The number of fused-ring (bicyclic) bond motifs is 1. The number of pyridine rings is 1. The molecule has 1 aromatic carbocycles. The van der Waals surface area contributed by atoms with Crippen LogP contribution in [0.3, 0.4) is 0 Å². The van der Waals surface area contributed by atoms with Crippen molar-refractivity contribution in [1.82, 2.24) is 10.3 Å².